The van der Waals surface area contributed by atoms with E-state index in [1.165, 1.54) is 19.3 Å². The van der Waals surface area contributed by atoms with E-state index in [0.29, 0.717) is 5.41 Å². The Kier molecular flexibility index (Phi) is 3.05. The van der Waals surface area contributed by atoms with Crippen molar-refractivity contribution < 1.29 is 4.92 Å². The van der Waals surface area contributed by atoms with E-state index in [9.17, 15) is 10.1 Å². The molecule has 0 aliphatic heterocycles. The van der Waals surface area contributed by atoms with Crippen molar-refractivity contribution in [3.63, 3.8) is 0 Å². The molecule has 1 saturated carbocycles. The van der Waals surface area contributed by atoms with E-state index >= 15 is 0 Å². The Balaban J connectivity index is 2.04. The lowest BCUT2D eigenvalue weighted by Crippen LogP contribution is -2.14. The van der Waals surface area contributed by atoms with Crippen molar-refractivity contribution in [1.29, 1.82) is 0 Å². The number of anilines is 1. The molecule has 1 fully saturated rings. The Morgan fingerprint density at radius 1 is 1.47 bits per heavy atom. The van der Waals surface area contributed by atoms with Crippen LogP contribution in [0.4, 0.5) is 11.4 Å². The third-order valence-electron chi connectivity index (χ3n) is 3.78. The summed E-state index contributed by atoms with van der Waals surface area (Å²) in [6.07, 6.45) is 3.79. The third-order valence-corrected chi connectivity index (χ3v) is 3.78. The first-order valence-electron chi connectivity index (χ1n) is 6.05. The van der Waals surface area contributed by atoms with Crippen molar-refractivity contribution >= 4 is 11.4 Å². The predicted molar refractivity (Wildman–Crippen MR) is 68.3 cm³/mol. The largest absolute Gasteiger partial charge is 0.384 e. The molecule has 0 unspecified atom stereocenters. The molecule has 2 rings (SSSR count). The number of nitrogens with one attached hydrogen (secondary N) is 1. The monoisotopic (exact) mass is 234 g/mol. The highest BCUT2D eigenvalue weighted by Gasteiger charge is 2.40. The van der Waals surface area contributed by atoms with Gasteiger partial charge in [0.15, 0.2) is 0 Å². The van der Waals surface area contributed by atoms with Crippen molar-refractivity contribution in [3.05, 3.63) is 33.9 Å². The highest BCUT2D eigenvalue weighted by molar-refractivity contribution is 5.55. The fraction of sp³-hybridized carbons (Fsp3) is 0.538. The van der Waals surface area contributed by atoms with Crippen LogP contribution in [0.25, 0.3) is 0 Å². The number of benzene rings is 1. The summed E-state index contributed by atoms with van der Waals surface area (Å²) in [6, 6.07) is 4.98. The van der Waals surface area contributed by atoms with Gasteiger partial charge in [-0.05, 0) is 43.2 Å². The number of hydrogen-bond donors (Lipinski definition) is 1. The van der Waals surface area contributed by atoms with Crippen LogP contribution in [0.3, 0.4) is 0 Å². The van der Waals surface area contributed by atoms with Gasteiger partial charge < -0.3 is 5.32 Å². The molecule has 0 heterocycles. The van der Waals surface area contributed by atoms with E-state index in [0.717, 1.165) is 17.8 Å². The standard InChI is InChI=1S/C13H18N2O2/c1-3-13(6-7-13)9-14-12-5-4-11(15(16)17)8-10(12)2/h4-5,8,14H,3,6-7,9H2,1-2H3. The second-order valence-electron chi connectivity index (χ2n) is 4.96. The van der Waals surface area contributed by atoms with Crippen LogP contribution in [0.2, 0.25) is 0 Å². The molecule has 0 saturated heterocycles. The molecule has 4 heteroatoms. The van der Waals surface area contributed by atoms with E-state index < -0.39 is 0 Å². The van der Waals surface area contributed by atoms with Crippen LogP contribution in [0.15, 0.2) is 18.2 Å². The molecule has 0 radical (unpaired) electrons. The van der Waals surface area contributed by atoms with Gasteiger partial charge >= 0.3 is 0 Å². The van der Waals surface area contributed by atoms with E-state index in [4.69, 9.17) is 0 Å². The van der Waals surface area contributed by atoms with Crippen molar-refractivity contribution in [1.82, 2.24) is 0 Å². The molecule has 0 amide bonds. The molecular formula is C13H18N2O2. The number of rotatable bonds is 5. The fourth-order valence-corrected chi connectivity index (χ4v) is 2.07. The first-order chi connectivity index (χ1) is 8.06. The lowest BCUT2D eigenvalue weighted by molar-refractivity contribution is -0.384. The van der Waals surface area contributed by atoms with Crippen LogP contribution in [0.1, 0.15) is 31.7 Å². The summed E-state index contributed by atoms with van der Waals surface area (Å²) in [5.74, 6) is 0. The Morgan fingerprint density at radius 3 is 2.65 bits per heavy atom. The van der Waals surface area contributed by atoms with E-state index in [1.54, 1.807) is 18.2 Å². The Morgan fingerprint density at radius 2 is 2.18 bits per heavy atom. The summed E-state index contributed by atoms with van der Waals surface area (Å²) in [5.41, 5.74) is 2.58. The molecule has 0 aromatic heterocycles. The molecule has 0 bridgehead atoms. The summed E-state index contributed by atoms with van der Waals surface area (Å²) in [7, 11) is 0. The zero-order chi connectivity index (χ0) is 12.5. The van der Waals surface area contributed by atoms with Gasteiger partial charge in [0.25, 0.3) is 5.69 Å². The highest BCUT2D eigenvalue weighted by atomic mass is 16.6. The second-order valence-corrected chi connectivity index (χ2v) is 4.96. The smallest absolute Gasteiger partial charge is 0.269 e. The molecule has 1 aliphatic carbocycles. The lowest BCUT2D eigenvalue weighted by Gasteiger charge is -2.15. The molecule has 1 aromatic rings. The molecule has 1 aromatic carbocycles. The molecule has 0 spiro atoms. The first kappa shape index (κ1) is 11.9. The topological polar surface area (TPSA) is 55.2 Å². The zero-order valence-electron chi connectivity index (χ0n) is 10.3. The summed E-state index contributed by atoms with van der Waals surface area (Å²) in [4.78, 5) is 10.3. The van der Waals surface area contributed by atoms with Crippen molar-refractivity contribution in [2.75, 3.05) is 11.9 Å². The SMILES string of the molecule is CCC1(CNc2ccc([N+](=O)[O-])cc2C)CC1. The van der Waals surface area contributed by atoms with Crippen molar-refractivity contribution in [3.8, 4) is 0 Å². The first-order valence-corrected chi connectivity index (χ1v) is 6.05. The molecular weight excluding hydrogens is 216 g/mol. The highest BCUT2D eigenvalue weighted by Crippen LogP contribution is 2.48. The maximum atomic E-state index is 10.6. The summed E-state index contributed by atoms with van der Waals surface area (Å²) >= 11 is 0. The van der Waals surface area contributed by atoms with Gasteiger partial charge in [-0.3, -0.25) is 10.1 Å². The lowest BCUT2D eigenvalue weighted by atomic mass is 10.0. The quantitative estimate of drug-likeness (QED) is 0.626. The molecule has 17 heavy (non-hydrogen) atoms. The van der Waals surface area contributed by atoms with E-state index in [2.05, 4.69) is 12.2 Å². The van der Waals surface area contributed by atoms with Crippen LogP contribution in [0.5, 0.6) is 0 Å². The minimum atomic E-state index is -0.356. The number of nitrogens with zero attached hydrogens (tertiary/aromatic N) is 1. The maximum Gasteiger partial charge on any atom is 0.269 e. The Hall–Kier alpha value is -1.58. The molecule has 1 N–H and O–H groups in total. The van der Waals surface area contributed by atoms with E-state index in [-0.39, 0.29) is 10.6 Å². The van der Waals surface area contributed by atoms with Gasteiger partial charge in [-0.1, -0.05) is 6.92 Å². The summed E-state index contributed by atoms with van der Waals surface area (Å²) in [6.45, 7) is 5.10. The number of non-ortho nitro benzene ring substituents is 1. The van der Waals surface area contributed by atoms with Crippen LogP contribution >= 0.6 is 0 Å². The molecule has 0 atom stereocenters. The molecule has 1 aliphatic rings. The van der Waals surface area contributed by atoms with Crippen LogP contribution in [-0.2, 0) is 0 Å². The fourth-order valence-electron chi connectivity index (χ4n) is 2.07. The van der Waals surface area contributed by atoms with E-state index in [1.807, 2.05) is 6.92 Å². The average Bonchev–Trinajstić information content (AvgIpc) is 3.08. The van der Waals surface area contributed by atoms with Gasteiger partial charge in [-0.15, -0.1) is 0 Å². The Labute approximate surface area is 101 Å². The maximum absolute atomic E-state index is 10.6. The zero-order valence-corrected chi connectivity index (χ0v) is 10.3. The number of aryl methyl sites for hydroxylation is 1. The summed E-state index contributed by atoms with van der Waals surface area (Å²) in [5, 5.41) is 14.0. The number of nitro benzene ring substituents is 1. The van der Waals surface area contributed by atoms with Crippen molar-refractivity contribution in [2.45, 2.75) is 33.1 Å². The van der Waals surface area contributed by atoms with Gasteiger partial charge in [0.1, 0.15) is 0 Å². The molecule has 4 nitrogen and oxygen atoms in total. The minimum absolute atomic E-state index is 0.157. The normalized spacial score (nSPS) is 16.6. The molecule has 92 valence electrons. The predicted octanol–water partition coefficient (Wildman–Crippen LogP) is 3.51. The number of hydrogen-bond acceptors (Lipinski definition) is 3. The van der Waals surface area contributed by atoms with Gasteiger partial charge in [-0.2, -0.15) is 0 Å². The van der Waals surface area contributed by atoms with Crippen LogP contribution in [0, 0.1) is 22.5 Å². The minimum Gasteiger partial charge on any atom is -0.384 e. The van der Waals surface area contributed by atoms with Crippen LogP contribution < -0.4 is 5.32 Å². The van der Waals surface area contributed by atoms with Crippen molar-refractivity contribution in [2.24, 2.45) is 5.41 Å². The van der Waals surface area contributed by atoms with Gasteiger partial charge in [0.05, 0.1) is 4.92 Å². The van der Waals surface area contributed by atoms with Crippen LogP contribution in [-0.4, -0.2) is 11.5 Å². The third kappa shape index (κ3) is 2.57. The van der Waals surface area contributed by atoms with Gasteiger partial charge in [0, 0.05) is 24.4 Å². The Bertz CT molecular complexity index is 439. The van der Waals surface area contributed by atoms with Gasteiger partial charge in [-0.25, -0.2) is 0 Å². The number of nitro groups is 1. The summed E-state index contributed by atoms with van der Waals surface area (Å²) < 4.78 is 0. The van der Waals surface area contributed by atoms with Gasteiger partial charge in [0.2, 0.25) is 0 Å². The second kappa shape index (κ2) is 4.35. The average molecular weight is 234 g/mol.